The molecule has 2 heterocycles. The van der Waals surface area contributed by atoms with Crippen molar-refractivity contribution >= 4 is 17.3 Å². The summed E-state index contributed by atoms with van der Waals surface area (Å²) >= 11 is 0. The van der Waals surface area contributed by atoms with Crippen molar-refractivity contribution in [2.24, 2.45) is 0 Å². The predicted molar refractivity (Wildman–Crippen MR) is 86.8 cm³/mol. The molecule has 114 valence electrons. The van der Waals surface area contributed by atoms with Gasteiger partial charge in [-0.15, -0.1) is 0 Å². The van der Waals surface area contributed by atoms with E-state index in [9.17, 15) is 4.79 Å². The Morgan fingerprint density at radius 1 is 1.14 bits per heavy atom. The van der Waals surface area contributed by atoms with E-state index in [1.165, 1.54) is 18.5 Å². The molecule has 0 saturated carbocycles. The zero-order chi connectivity index (χ0) is 14.7. The van der Waals surface area contributed by atoms with Gasteiger partial charge in [-0.3, -0.25) is 4.79 Å². The van der Waals surface area contributed by atoms with Crippen LogP contribution in [-0.2, 0) is 4.79 Å². The van der Waals surface area contributed by atoms with Crippen LogP contribution in [0.3, 0.4) is 0 Å². The zero-order valence-corrected chi connectivity index (χ0v) is 12.8. The lowest BCUT2D eigenvalue weighted by Crippen LogP contribution is -2.47. The largest absolute Gasteiger partial charge is 0.372 e. The van der Waals surface area contributed by atoms with Gasteiger partial charge in [0, 0.05) is 30.5 Å². The number of carbonyl (C=O) groups is 1. The van der Waals surface area contributed by atoms with E-state index in [1.807, 2.05) is 12.1 Å². The van der Waals surface area contributed by atoms with Crippen LogP contribution in [-0.4, -0.2) is 31.1 Å². The highest BCUT2D eigenvalue weighted by Gasteiger charge is 2.24. The molecule has 2 aliphatic heterocycles. The molecule has 2 unspecified atom stereocenters. The first kappa shape index (κ1) is 14.4. The number of nitrogens with zero attached hydrogens (tertiary/aromatic N) is 1. The quantitative estimate of drug-likeness (QED) is 0.898. The van der Waals surface area contributed by atoms with Gasteiger partial charge in [0.15, 0.2) is 0 Å². The van der Waals surface area contributed by atoms with E-state index in [4.69, 9.17) is 0 Å². The lowest BCUT2D eigenvalue weighted by molar-refractivity contribution is -0.118. The first-order chi connectivity index (χ1) is 10.2. The van der Waals surface area contributed by atoms with Crippen molar-refractivity contribution in [2.75, 3.05) is 23.3 Å². The smallest absolute Gasteiger partial charge is 0.241 e. The molecule has 0 aliphatic carbocycles. The van der Waals surface area contributed by atoms with Crippen LogP contribution >= 0.6 is 0 Å². The molecule has 4 nitrogen and oxygen atoms in total. The number of hydrogen-bond acceptors (Lipinski definition) is 3. The molecule has 3 rings (SSSR count). The first-order valence-electron chi connectivity index (χ1n) is 8.14. The number of rotatable bonds is 3. The number of nitrogens with one attached hydrogen (secondary N) is 2. The fourth-order valence-electron chi connectivity index (χ4n) is 3.31. The highest BCUT2D eigenvalue weighted by Crippen LogP contribution is 2.22. The number of hydrogen-bond donors (Lipinski definition) is 2. The van der Waals surface area contributed by atoms with Crippen molar-refractivity contribution in [3.63, 3.8) is 0 Å². The summed E-state index contributed by atoms with van der Waals surface area (Å²) in [6, 6.07) is 8.63. The minimum absolute atomic E-state index is 0.0491. The number of amides is 1. The van der Waals surface area contributed by atoms with Gasteiger partial charge in [0.25, 0.3) is 0 Å². The highest BCUT2D eigenvalue weighted by atomic mass is 16.2. The fraction of sp³-hybridized carbons (Fsp3) is 0.588. The van der Waals surface area contributed by atoms with Crippen LogP contribution in [0.25, 0.3) is 0 Å². The number of piperidine rings is 1. The van der Waals surface area contributed by atoms with Crippen LogP contribution in [0.1, 0.15) is 39.0 Å². The van der Waals surface area contributed by atoms with Crippen LogP contribution in [0.15, 0.2) is 24.3 Å². The monoisotopic (exact) mass is 287 g/mol. The van der Waals surface area contributed by atoms with Crippen LogP contribution in [0.4, 0.5) is 11.4 Å². The van der Waals surface area contributed by atoms with E-state index >= 15 is 0 Å². The molecule has 0 spiro atoms. The molecule has 1 amide bonds. The Morgan fingerprint density at radius 2 is 1.86 bits per heavy atom. The van der Waals surface area contributed by atoms with Crippen molar-refractivity contribution in [1.29, 1.82) is 0 Å². The highest BCUT2D eigenvalue weighted by molar-refractivity contribution is 5.95. The number of carbonyl (C=O) groups excluding carboxylic acids is 1. The van der Waals surface area contributed by atoms with Crippen molar-refractivity contribution in [2.45, 2.75) is 51.1 Å². The first-order valence-corrected chi connectivity index (χ1v) is 8.14. The lowest BCUT2D eigenvalue weighted by atomic mass is 9.99. The maximum atomic E-state index is 12.3. The summed E-state index contributed by atoms with van der Waals surface area (Å²) in [7, 11) is 0. The summed E-state index contributed by atoms with van der Waals surface area (Å²) in [6.45, 7) is 4.44. The molecule has 1 aromatic rings. The molecule has 0 radical (unpaired) electrons. The van der Waals surface area contributed by atoms with E-state index in [2.05, 4.69) is 34.6 Å². The van der Waals surface area contributed by atoms with E-state index in [0.29, 0.717) is 6.04 Å². The Morgan fingerprint density at radius 3 is 2.52 bits per heavy atom. The van der Waals surface area contributed by atoms with Gasteiger partial charge in [0.05, 0.1) is 6.04 Å². The van der Waals surface area contributed by atoms with Gasteiger partial charge >= 0.3 is 0 Å². The summed E-state index contributed by atoms with van der Waals surface area (Å²) in [5, 5.41) is 6.40. The normalized spacial score (nSPS) is 25.9. The summed E-state index contributed by atoms with van der Waals surface area (Å²) in [5.41, 5.74) is 2.15. The molecule has 2 saturated heterocycles. The molecule has 4 heteroatoms. The molecule has 2 N–H and O–H groups in total. The Kier molecular flexibility index (Phi) is 4.44. The van der Waals surface area contributed by atoms with E-state index in [0.717, 1.165) is 38.0 Å². The van der Waals surface area contributed by atoms with Gasteiger partial charge in [-0.2, -0.15) is 0 Å². The minimum atomic E-state index is -0.0491. The number of anilines is 2. The van der Waals surface area contributed by atoms with Crippen molar-refractivity contribution in [3.05, 3.63) is 24.3 Å². The average molecular weight is 287 g/mol. The molecule has 0 aromatic heterocycles. The fourth-order valence-corrected chi connectivity index (χ4v) is 3.31. The zero-order valence-electron chi connectivity index (χ0n) is 12.8. The maximum absolute atomic E-state index is 12.3. The van der Waals surface area contributed by atoms with Crippen LogP contribution in [0, 0.1) is 0 Å². The maximum Gasteiger partial charge on any atom is 0.241 e. The topological polar surface area (TPSA) is 44.4 Å². The van der Waals surface area contributed by atoms with Crippen LogP contribution in [0.2, 0.25) is 0 Å². The van der Waals surface area contributed by atoms with Crippen molar-refractivity contribution in [3.8, 4) is 0 Å². The second-order valence-electron chi connectivity index (χ2n) is 6.28. The van der Waals surface area contributed by atoms with E-state index < -0.39 is 0 Å². The van der Waals surface area contributed by atoms with Crippen LogP contribution in [0.5, 0.6) is 0 Å². The molecule has 2 atom stereocenters. The minimum Gasteiger partial charge on any atom is -0.372 e. The van der Waals surface area contributed by atoms with Crippen LogP contribution < -0.4 is 15.5 Å². The standard InChI is InChI=1S/C17H25N3O/c1-13-5-4-6-16(18-13)17(21)19-14-7-9-15(10-8-14)20-11-2-3-12-20/h7-10,13,16,18H,2-6,11-12H2,1H3,(H,19,21). The summed E-state index contributed by atoms with van der Waals surface area (Å²) in [4.78, 5) is 14.7. The Labute approximate surface area is 126 Å². The summed E-state index contributed by atoms with van der Waals surface area (Å²) in [5.74, 6) is 0.0930. The molecule has 0 bridgehead atoms. The van der Waals surface area contributed by atoms with Gasteiger partial charge in [-0.1, -0.05) is 0 Å². The summed E-state index contributed by atoms with van der Waals surface area (Å²) < 4.78 is 0. The van der Waals surface area contributed by atoms with E-state index in [1.54, 1.807) is 0 Å². The molecule has 21 heavy (non-hydrogen) atoms. The predicted octanol–water partition coefficient (Wildman–Crippen LogP) is 2.76. The van der Waals surface area contributed by atoms with Gasteiger partial charge in [0.2, 0.25) is 5.91 Å². The second kappa shape index (κ2) is 6.48. The number of benzene rings is 1. The Bertz CT molecular complexity index is 479. The van der Waals surface area contributed by atoms with Crippen molar-refractivity contribution in [1.82, 2.24) is 5.32 Å². The van der Waals surface area contributed by atoms with Gasteiger partial charge < -0.3 is 15.5 Å². The third kappa shape index (κ3) is 3.56. The van der Waals surface area contributed by atoms with Crippen molar-refractivity contribution < 1.29 is 4.79 Å². The third-order valence-electron chi connectivity index (χ3n) is 4.54. The molecule has 2 fully saturated rings. The molecular formula is C17H25N3O. The van der Waals surface area contributed by atoms with Gasteiger partial charge in [-0.25, -0.2) is 0 Å². The third-order valence-corrected chi connectivity index (χ3v) is 4.54. The van der Waals surface area contributed by atoms with Gasteiger partial charge in [0.1, 0.15) is 0 Å². The lowest BCUT2D eigenvalue weighted by Gasteiger charge is -2.27. The Balaban J connectivity index is 1.58. The molecular weight excluding hydrogens is 262 g/mol. The summed E-state index contributed by atoms with van der Waals surface area (Å²) in [6.07, 6.45) is 5.78. The Hall–Kier alpha value is -1.55. The van der Waals surface area contributed by atoms with Gasteiger partial charge in [-0.05, 0) is 63.3 Å². The average Bonchev–Trinajstić information content (AvgIpc) is 3.02. The SMILES string of the molecule is CC1CCCC(C(=O)Nc2ccc(N3CCCC3)cc2)N1. The molecule has 2 aliphatic rings. The molecule has 1 aromatic carbocycles. The second-order valence-corrected chi connectivity index (χ2v) is 6.28. The van der Waals surface area contributed by atoms with E-state index in [-0.39, 0.29) is 11.9 Å².